The van der Waals surface area contributed by atoms with Crippen LogP contribution in [0.4, 0.5) is 0 Å². The van der Waals surface area contributed by atoms with E-state index < -0.39 is 12.0 Å². The van der Waals surface area contributed by atoms with Crippen molar-refractivity contribution in [3.63, 3.8) is 0 Å². The van der Waals surface area contributed by atoms with Crippen LogP contribution in [0.5, 0.6) is 0 Å². The average Bonchev–Trinajstić information content (AvgIpc) is 3.29. The van der Waals surface area contributed by atoms with Crippen LogP contribution in [0.25, 0.3) is 6.08 Å². The summed E-state index contributed by atoms with van der Waals surface area (Å²) in [7, 11) is 0. The standard InChI is InChI=1S/C18H23NO3/c1-12(2)14-8-6-13(7-9-14)4-3-5-16(20)19-17(18(21)22)15-10-11-15/h3-4,6-9,12,15,17H,5,10-11H2,1-2H3,(H,19,20)(H,21,22)/b4-3+. The summed E-state index contributed by atoms with van der Waals surface area (Å²) in [4.78, 5) is 22.9. The molecule has 118 valence electrons. The number of nitrogens with one attached hydrogen (secondary N) is 1. The fourth-order valence-electron chi connectivity index (χ4n) is 2.34. The Morgan fingerprint density at radius 2 is 1.91 bits per heavy atom. The van der Waals surface area contributed by atoms with Gasteiger partial charge in [-0.15, -0.1) is 0 Å². The first-order valence-corrected chi connectivity index (χ1v) is 7.76. The van der Waals surface area contributed by atoms with Gasteiger partial charge in [-0.2, -0.15) is 0 Å². The van der Waals surface area contributed by atoms with Crippen LogP contribution in [0.2, 0.25) is 0 Å². The predicted molar refractivity (Wildman–Crippen MR) is 86.5 cm³/mol. The normalized spacial score (nSPS) is 16.0. The minimum atomic E-state index is -0.941. The van der Waals surface area contributed by atoms with Crippen molar-refractivity contribution in [2.24, 2.45) is 5.92 Å². The number of benzene rings is 1. The van der Waals surface area contributed by atoms with Gasteiger partial charge in [0.25, 0.3) is 0 Å². The van der Waals surface area contributed by atoms with Gasteiger partial charge >= 0.3 is 5.97 Å². The van der Waals surface area contributed by atoms with Gasteiger partial charge in [0.05, 0.1) is 0 Å². The molecule has 2 rings (SSSR count). The summed E-state index contributed by atoms with van der Waals surface area (Å²) in [5.74, 6) is -0.577. The van der Waals surface area contributed by atoms with E-state index in [0.29, 0.717) is 5.92 Å². The molecular weight excluding hydrogens is 278 g/mol. The number of aliphatic carboxylic acids is 1. The number of hydrogen-bond acceptors (Lipinski definition) is 2. The minimum absolute atomic E-state index is 0.106. The SMILES string of the molecule is CC(C)c1ccc(/C=C/CC(=O)NC(C(=O)O)C2CC2)cc1. The summed E-state index contributed by atoms with van der Waals surface area (Å²) in [5, 5.41) is 11.7. The molecule has 0 saturated heterocycles. The highest BCUT2D eigenvalue weighted by molar-refractivity contribution is 5.85. The van der Waals surface area contributed by atoms with E-state index in [1.165, 1.54) is 5.56 Å². The molecule has 4 nitrogen and oxygen atoms in total. The molecule has 1 saturated carbocycles. The molecule has 1 atom stereocenters. The van der Waals surface area contributed by atoms with Gasteiger partial charge in [0.2, 0.25) is 5.91 Å². The van der Waals surface area contributed by atoms with Crippen LogP contribution >= 0.6 is 0 Å². The van der Waals surface area contributed by atoms with Crippen molar-refractivity contribution in [1.29, 1.82) is 0 Å². The van der Waals surface area contributed by atoms with Crippen LogP contribution < -0.4 is 5.32 Å². The molecule has 1 aromatic rings. The van der Waals surface area contributed by atoms with Gasteiger partial charge in [0.1, 0.15) is 6.04 Å². The van der Waals surface area contributed by atoms with Crippen molar-refractivity contribution in [3.05, 3.63) is 41.5 Å². The fraction of sp³-hybridized carbons (Fsp3) is 0.444. The van der Waals surface area contributed by atoms with Crippen molar-refractivity contribution < 1.29 is 14.7 Å². The Labute approximate surface area is 131 Å². The third-order valence-corrected chi connectivity index (χ3v) is 3.89. The van der Waals surface area contributed by atoms with Crippen LogP contribution in [0, 0.1) is 5.92 Å². The summed E-state index contributed by atoms with van der Waals surface area (Å²) in [6.07, 6.45) is 5.62. The largest absolute Gasteiger partial charge is 0.480 e. The Hall–Kier alpha value is -2.10. The van der Waals surface area contributed by atoms with Gasteiger partial charge in [0, 0.05) is 6.42 Å². The van der Waals surface area contributed by atoms with Gasteiger partial charge in [0.15, 0.2) is 0 Å². The van der Waals surface area contributed by atoms with E-state index >= 15 is 0 Å². The second kappa shape index (κ2) is 7.25. The second-order valence-corrected chi connectivity index (χ2v) is 6.15. The van der Waals surface area contributed by atoms with E-state index in [2.05, 4.69) is 31.3 Å². The van der Waals surface area contributed by atoms with Gasteiger partial charge in [-0.3, -0.25) is 4.79 Å². The lowest BCUT2D eigenvalue weighted by atomic mass is 10.0. The lowest BCUT2D eigenvalue weighted by molar-refractivity contribution is -0.142. The molecule has 1 aliphatic carbocycles. The van der Waals surface area contributed by atoms with Crippen molar-refractivity contribution in [2.45, 2.75) is 45.1 Å². The summed E-state index contributed by atoms with van der Waals surface area (Å²) in [6.45, 7) is 4.29. The number of carboxylic acids is 1. The smallest absolute Gasteiger partial charge is 0.326 e. The zero-order chi connectivity index (χ0) is 16.1. The van der Waals surface area contributed by atoms with Gasteiger partial charge in [-0.1, -0.05) is 50.3 Å². The molecule has 1 aromatic carbocycles. The molecule has 1 fully saturated rings. The number of carbonyl (C=O) groups is 2. The molecule has 1 aliphatic rings. The third-order valence-electron chi connectivity index (χ3n) is 3.89. The molecular formula is C18H23NO3. The quantitative estimate of drug-likeness (QED) is 0.813. The Balaban J connectivity index is 1.83. The van der Waals surface area contributed by atoms with Crippen molar-refractivity contribution in [2.75, 3.05) is 0 Å². The van der Waals surface area contributed by atoms with Crippen LogP contribution in [0.3, 0.4) is 0 Å². The molecule has 1 unspecified atom stereocenters. The zero-order valence-electron chi connectivity index (χ0n) is 13.1. The number of rotatable bonds is 7. The van der Waals surface area contributed by atoms with E-state index in [0.717, 1.165) is 18.4 Å². The van der Waals surface area contributed by atoms with E-state index in [1.54, 1.807) is 6.08 Å². The molecule has 0 bridgehead atoms. The summed E-state index contributed by atoms with van der Waals surface area (Å²) in [5.41, 5.74) is 2.32. The molecule has 22 heavy (non-hydrogen) atoms. The van der Waals surface area contributed by atoms with Gasteiger partial charge < -0.3 is 10.4 Å². The summed E-state index contributed by atoms with van der Waals surface area (Å²) >= 11 is 0. The average molecular weight is 301 g/mol. The first-order valence-electron chi connectivity index (χ1n) is 7.76. The van der Waals surface area contributed by atoms with Crippen LogP contribution in [-0.4, -0.2) is 23.0 Å². The maximum absolute atomic E-state index is 11.8. The third kappa shape index (κ3) is 4.72. The lowest BCUT2D eigenvalue weighted by Gasteiger charge is -2.12. The van der Waals surface area contributed by atoms with Crippen molar-refractivity contribution in [3.8, 4) is 0 Å². The molecule has 2 N–H and O–H groups in total. The second-order valence-electron chi connectivity index (χ2n) is 6.15. The zero-order valence-corrected chi connectivity index (χ0v) is 13.1. The summed E-state index contributed by atoms with van der Waals surface area (Å²) < 4.78 is 0. The molecule has 0 heterocycles. The monoisotopic (exact) mass is 301 g/mol. The van der Waals surface area contributed by atoms with Crippen LogP contribution in [0.15, 0.2) is 30.3 Å². The molecule has 1 amide bonds. The number of carboxylic acid groups (broad SMARTS) is 1. The number of hydrogen-bond donors (Lipinski definition) is 2. The van der Waals surface area contributed by atoms with Crippen LogP contribution in [0.1, 0.15) is 50.2 Å². The van der Waals surface area contributed by atoms with E-state index in [-0.39, 0.29) is 18.2 Å². The molecule has 0 aromatic heterocycles. The highest BCUT2D eigenvalue weighted by Crippen LogP contribution is 2.32. The Kier molecular flexibility index (Phi) is 5.36. The molecule has 4 heteroatoms. The maximum atomic E-state index is 11.8. The lowest BCUT2D eigenvalue weighted by Crippen LogP contribution is -2.42. The number of carbonyl (C=O) groups excluding carboxylic acids is 1. The van der Waals surface area contributed by atoms with E-state index in [1.807, 2.05) is 18.2 Å². The minimum Gasteiger partial charge on any atom is -0.480 e. The Morgan fingerprint density at radius 1 is 1.27 bits per heavy atom. The first kappa shape index (κ1) is 16.3. The number of amides is 1. The van der Waals surface area contributed by atoms with Gasteiger partial charge in [-0.25, -0.2) is 4.79 Å². The highest BCUT2D eigenvalue weighted by Gasteiger charge is 2.36. The first-order chi connectivity index (χ1) is 10.5. The van der Waals surface area contributed by atoms with Crippen molar-refractivity contribution in [1.82, 2.24) is 5.32 Å². The van der Waals surface area contributed by atoms with Crippen LogP contribution in [-0.2, 0) is 9.59 Å². The van der Waals surface area contributed by atoms with E-state index in [9.17, 15) is 9.59 Å². The fourth-order valence-corrected chi connectivity index (χ4v) is 2.34. The predicted octanol–water partition coefficient (Wildman–Crippen LogP) is 3.19. The maximum Gasteiger partial charge on any atom is 0.326 e. The molecule has 0 radical (unpaired) electrons. The van der Waals surface area contributed by atoms with Gasteiger partial charge in [-0.05, 0) is 35.8 Å². The Morgan fingerprint density at radius 3 is 2.41 bits per heavy atom. The highest BCUT2D eigenvalue weighted by atomic mass is 16.4. The van der Waals surface area contributed by atoms with Crippen molar-refractivity contribution >= 4 is 18.0 Å². The van der Waals surface area contributed by atoms with E-state index in [4.69, 9.17) is 5.11 Å². The Bertz CT molecular complexity index is 556. The topological polar surface area (TPSA) is 66.4 Å². The molecule has 0 spiro atoms. The summed E-state index contributed by atoms with van der Waals surface area (Å²) in [6, 6.07) is 7.48. The molecule has 0 aliphatic heterocycles.